The Kier molecular flexibility index (Phi) is 4.54. The minimum atomic E-state index is 0.299. The summed E-state index contributed by atoms with van der Waals surface area (Å²) in [6.07, 6.45) is 0.767. The van der Waals surface area contributed by atoms with Crippen LogP contribution in [0.3, 0.4) is 0 Å². The number of halogens is 1. The van der Waals surface area contributed by atoms with Crippen LogP contribution in [0.5, 0.6) is 0 Å². The van der Waals surface area contributed by atoms with Gasteiger partial charge in [0, 0.05) is 15.8 Å². The van der Waals surface area contributed by atoms with Crippen LogP contribution in [-0.4, -0.2) is 15.0 Å². The number of aromatic nitrogens is 3. The van der Waals surface area contributed by atoms with Crippen molar-refractivity contribution in [3.63, 3.8) is 0 Å². The molecule has 0 amide bonds. The molecule has 0 aliphatic rings. The van der Waals surface area contributed by atoms with Gasteiger partial charge in [-0.25, -0.2) is 4.98 Å². The van der Waals surface area contributed by atoms with Gasteiger partial charge in [-0.05, 0) is 24.3 Å². The van der Waals surface area contributed by atoms with E-state index in [0.717, 1.165) is 22.5 Å². The van der Waals surface area contributed by atoms with E-state index in [4.69, 9.17) is 5.73 Å². The highest BCUT2D eigenvalue weighted by atomic mass is 79.9. The van der Waals surface area contributed by atoms with Gasteiger partial charge in [0.1, 0.15) is 11.6 Å². The number of thioether (sulfide) groups is 1. The van der Waals surface area contributed by atoms with Gasteiger partial charge in [-0.15, -0.1) is 11.8 Å². The topological polar surface area (TPSA) is 64.7 Å². The maximum atomic E-state index is 5.65. The molecule has 0 radical (unpaired) electrons. The number of nitrogen functional groups attached to an aromatic ring is 1. The molecular formula is C12H13BrN4S. The quantitative estimate of drug-likeness (QED) is 0.875. The molecule has 0 saturated heterocycles. The van der Waals surface area contributed by atoms with E-state index in [1.165, 1.54) is 4.90 Å². The highest BCUT2D eigenvalue weighted by Gasteiger charge is 2.04. The SMILES string of the molecule is CCc1nc(N)nc(CSc2ccc(Br)cc2)n1. The lowest BCUT2D eigenvalue weighted by Crippen LogP contribution is -2.05. The Morgan fingerprint density at radius 1 is 1.11 bits per heavy atom. The fourth-order valence-corrected chi connectivity index (χ4v) is 2.41. The van der Waals surface area contributed by atoms with Crippen molar-refractivity contribution in [3.05, 3.63) is 40.4 Å². The lowest BCUT2D eigenvalue weighted by atomic mass is 10.4. The first-order valence-corrected chi connectivity index (χ1v) is 7.33. The molecule has 6 heteroatoms. The molecule has 0 saturated carbocycles. The summed E-state index contributed by atoms with van der Waals surface area (Å²) in [4.78, 5) is 13.7. The van der Waals surface area contributed by atoms with Gasteiger partial charge >= 0.3 is 0 Å². The van der Waals surface area contributed by atoms with E-state index in [2.05, 4.69) is 43.0 Å². The smallest absolute Gasteiger partial charge is 0.223 e. The molecule has 0 atom stereocenters. The molecule has 2 N–H and O–H groups in total. The van der Waals surface area contributed by atoms with Crippen molar-refractivity contribution >= 4 is 33.6 Å². The normalized spacial score (nSPS) is 10.6. The average molecular weight is 325 g/mol. The van der Waals surface area contributed by atoms with Crippen LogP contribution in [0.2, 0.25) is 0 Å². The van der Waals surface area contributed by atoms with Gasteiger partial charge in [0.15, 0.2) is 0 Å². The monoisotopic (exact) mass is 324 g/mol. The van der Waals surface area contributed by atoms with Crippen LogP contribution in [0, 0.1) is 0 Å². The van der Waals surface area contributed by atoms with Crippen LogP contribution in [0.15, 0.2) is 33.6 Å². The predicted molar refractivity (Wildman–Crippen MR) is 77.3 cm³/mol. The van der Waals surface area contributed by atoms with Crippen molar-refractivity contribution in [1.29, 1.82) is 0 Å². The number of anilines is 1. The summed E-state index contributed by atoms with van der Waals surface area (Å²) in [6, 6.07) is 8.14. The fraction of sp³-hybridized carbons (Fsp3) is 0.250. The van der Waals surface area contributed by atoms with E-state index in [9.17, 15) is 0 Å². The molecule has 1 aromatic carbocycles. The molecule has 1 aromatic heterocycles. The molecule has 18 heavy (non-hydrogen) atoms. The van der Waals surface area contributed by atoms with E-state index in [1.54, 1.807) is 11.8 Å². The molecule has 2 aromatic rings. The van der Waals surface area contributed by atoms with Gasteiger partial charge in [-0.2, -0.15) is 9.97 Å². The summed E-state index contributed by atoms with van der Waals surface area (Å²) in [5.41, 5.74) is 5.65. The zero-order valence-corrected chi connectivity index (χ0v) is 12.3. The standard InChI is InChI=1S/C12H13BrN4S/c1-2-10-15-11(17-12(14)16-10)7-18-9-5-3-8(13)4-6-9/h3-6H,2,7H2,1H3,(H2,14,15,16,17). The lowest BCUT2D eigenvalue weighted by Gasteiger charge is -2.03. The van der Waals surface area contributed by atoms with Crippen LogP contribution in [0.25, 0.3) is 0 Å². The maximum absolute atomic E-state index is 5.65. The minimum absolute atomic E-state index is 0.299. The Morgan fingerprint density at radius 2 is 1.78 bits per heavy atom. The molecule has 0 unspecified atom stereocenters. The number of aryl methyl sites for hydroxylation is 1. The number of nitrogens with two attached hydrogens (primary N) is 1. The second-order valence-corrected chi connectivity index (χ2v) is 5.59. The molecule has 0 fully saturated rings. The lowest BCUT2D eigenvalue weighted by molar-refractivity contribution is 0.866. The molecule has 1 heterocycles. The second kappa shape index (κ2) is 6.15. The van der Waals surface area contributed by atoms with Gasteiger partial charge in [0.05, 0.1) is 5.75 Å². The van der Waals surface area contributed by atoms with E-state index in [0.29, 0.717) is 11.7 Å². The number of benzene rings is 1. The first-order chi connectivity index (χ1) is 8.67. The van der Waals surface area contributed by atoms with Gasteiger partial charge in [-0.1, -0.05) is 22.9 Å². The van der Waals surface area contributed by atoms with Crippen molar-refractivity contribution in [2.45, 2.75) is 24.0 Å². The Bertz CT molecular complexity index is 530. The van der Waals surface area contributed by atoms with Gasteiger partial charge < -0.3 is 5.73 Å². The van der Waals surface area contributed by atoms with E-state index >= 15 is 0 Å². The summed E-state index contributed by atoms with van der Waals surface area (Å²) in [5.74, 6) is 2.47. The summed E-state index contributed by atoms with van der Waals surface area (Å²) < 4.78 is 1.07. The van der Waals surface area contributed by atoms with Gasteiger partial charge in [-0.3, -0.25) is 0 Å². The van der Waals surface area contributed by atoms with E-state index < -0.39 is 0 Å². The van der Waals surface area contributed by atoms with Crippen LogP contribution in [-0.2, 0) is 12.2 Å². The largest absolute Gasteiger partial charge is 0.368 e. The zero-order chi connectivity index (χ0) is 13.0. The van der Waals surface area contributed by atoms with Crippen molar-refractivity contribution in [2.75, 3.05) is 5.73 Å². The summed E-state index contributed by atoms with van der Waals surface area (Å²) in [5, 5.41) is 0. The van der Waals surface area contributed by atoms with Gasteiger partial charge in [0.2, 0.25) is 5.95 Å². The molecule has 2 rings (SSSR count). The Hall–Kier alpha value is -1.14. The van der Waals surface area contributed by atoms with Crippen molar-refractivity contribution in [2.24, 2.45) is 0 Å². The zero-order valence-electron chi connectivity index (χ0n) is 9.93. The number of hydrogen-bond acceptors (Lipinski definition) is 5. The third-order valence-corrected chi connectivity index (χ3v) is 3.78. The van der Waals surface area contributed by atoms with Crippen LogP contribution >= 0.6 is 27.7 Å². The number of hydrogen-bond donors (Lipinski definition) is 1. The predicted octanol–water partition coefficient (Wildman–Crippen LogP) is 3.07. The first-order valence-electron chi connectivity index (χ1n) is 5.55. The number of nitrogens with zero attached hydrogens (tertiary/aromatic N) is 3. The molecular weight excluding hydrogens is 312 g/mol. The summed E-state index contributed by atoms with van der Waals surface area (Å²) in [7, 11) is 0. The molecule has 0 aliphatic heterocycles. The average Bonchev–Trinajstić information content (AvgIpc) is 2.37. The third kappa shape index (κ3) is 3.68. The Labute approximate surface area is 119 Å². The Balaban J connectivity index is 2.05. The number of rotatable bonds is 4. The van der Waals surface area contributed by atoms with Crippen LogP contribution in [0.4, 0.5) is 5.95 Å². The highest BCUT2D eigenvalue weighted by Crippen LogP contribution is 2.23. The molecule has 0 bridgehead atoms. The van der Waals surface area contributed by atoms with Crippen molar-refractivity contribution in [3.8, 4) is 0 Å². The molecule has 0 aliphatic carbocycles. The summed E-state index contributed by atoms with van der Waals surface area (Å²) >= 11 is 5.09. The fourth-order valence-electron chi connectivity index (χ4n) is 1.39. The third-order valence-electron chi connectivity index (χ3n) is 2.24. The highest BCUT2D eigenvalue weighted by molar-refractivity contribution is 9.10. The Morgan fingerprint density at radius 3 is 2.44 bits per heavy atom. The minimum Gasteiger partial charge on any atom is -0.368 e. The van der Waals surface area contributed by atoms with Crippen molar-refractivity contribution < 1.29 is 0 Å². The maximum Gasteiger partial charge on any atom is 0.223 e. The van der Waals surface area contributed by atoms with Crippen molar-refractivity contribution in [1.82, 2.24) is 15.0 Å². The molecule has 94 valence electrons. The molecule has 0 spiro atoms. The second-order valence-electron chi connectivity index (χ2n) is 3.62. The van der Waals surface area contributed by atoms with E-state index in [1.807, 2.05) is 19.1 Å². The van der Waals surface area contributed by atoms with Crippen LogP contribution in [0.1, 0.15) is 18.6 Å². The first kappa shape index (κ1) is 13.3. The van der Waals surface area contributed by atoms with Crippen LogP contribution < -0.4 is 5.73 Å². The van der Waals surface area contributed by atoms with Gasteiger partial charge in [0.25, 0.3) is 0 Å². The van der Waals surface area contributed by atoms with E-state index in [-0.39, 0.29) is 0 Å². The molecule has 4 nitrogen and oxygen atoms in total. The summed E-state index contributed by atoms with van der Waals surface area (Å²) in [6.45, 7) is 2.00.